The number of halogens is 1. The summed E-state index contributed by atoms with van der Waals surface area (Å²) in [5.74, 6) is -0.485. The van der Waals surface area contributed by atoms with Crippen molar-refractivity contribution in [1.29, 1.82) is 0 Å². The summed E-state index contributed by atoms with van der Waals surface area (Å²) < 4.78 is 15.0. The van der Waals surface area contributed by atoms with Gasteiger partial charge < -0.3 is 5.11 Å². The van der Waals surface area contributed by atoms with Crippen LogP contribution in [-0.2, 0) is 13.0 Å². The zero-order valence-corrected chi connectivity index (χ0v) is 12.8. The molecule has 2 aromatic heterocycles. The second kappa shape index (κ2) is 5.98. The van der Waals surface area contributed by atoms with Gasteiger partial charge in [-0.05, 0) is 18.6 Å². The van der Waals surface area contributed by atoms with Gasteiger partial charge in [-0.3, -0.25) is 9.36 Å². The predicted octanol–water partition coefficient (Wildman–Crippen LogP) is 2.89. The van der Waals surface area contributed by atoms with Gasteiger partial charge in [-0.15, -0.1) is 11.3 Å². The molecule has 0 aliphatic carbocycles. The van der Waals surface area contributed by atoms with Crippen molar-refractivity contribution in [3.8, 4) is 0 Å². The Bertz CT molecular complexity index is 872. The van der Waals surface area contributed by atoms with E-state index in [1.165, 1.54) is 34.4 Å². The van der Waals surface area contributed by atoms with Crippen LogP contribution in [0.3, 0.4) is 0 Å². The highest BCUT2D eigenvalue weighted by molar-refractivity contribution is 7.18. The minimum absolute atomic E-state index is 0.0278. The predicted molar refractivity (Wildman–Crippen MR) is 84.6 cm³/mol. The average molecular weight is 318 g/mol. The van der Waals surface area contributed by atoms with Gasteiger partial charge in [0.25, 0.3) is 5.56 Å². The number of aliphatic hydroxyl groups excluding tert-OH is 1. The summed E-state index contributed by atoms with van der Waals surface area (Å²) >= 11 is 1.49. The fraction of sp³-hybridized carbons (Fsp3) is 0.250. The van der Waals surface area contributed by atoms with Gasteiger partial charge in [-0.2, -0.15) is 0 Å². The molecule has 114 valence electrons. The molecule has 1 aromatic carbocycles. The van der Waals surface area contributed by atoms with Crippen molar-refractivity contribution in [3.63, 3.8) is 0 Å². The molecule has 0 aliphatic heterocycles. The van der Waals surface area contributed by atoms with Crippen molar-refractivity contribution in [1.82, 2.24) is 9.55 Å². The Labute approximate surface area is 130 Å². The van der Waals surface area contributed by atoms with Crippen molar-refractivity contribution < 1.29 is 9.50 Å². The molecule has 0 fully saturated rings. The van der Waals surface area contributed by atoms with Crippen LogP contribution in [0.1, 0.15) is 23.5 Å². The molecule has 0 amide bonds. The molecule has 0 unspecified atom stereocenters. The molecule has 3 rings (SSSR count). The number of aliphatic hydroxyl groups is 1. The highest BCUT2D eigenvalue weighted by atomic mass is 32.1. The number of rotatable bonds is 4. The molecule has 3 aromatic rings. The van der Waals surface area contributed by atoms with Crippen LogP contribution in [-0.4, -0.2) is 14.7 Å². The third-order valence-electron chi connectivity index (χ3n) is 3.55. The van der Waals surface area contributed by atoms with E-state index >= 15 is 0 Å². The largest absolute Gasteiger partial charge is 0.386 e. The van der Waals surface area contributed by atoms with Gasteiger partial charge in [0.2, 0.25) is 0 Å². The first-order valence-electron chi connectivity index (χ1n) is 7.00. The Kier molecular flexibility index (Phi) is 4.04. The third kappa shape index (κ3) is 2.67. The van der Waals surface area contributed by atoms with Crippen LogP contribution >= 0.6 is 11.3 Å². The second-order valence-electron chi connectivity index (χ2n) is 5.02. The van der Waals surface area contributed by atoms with Crippen LogP contribution < -0.4 is 5.56 Å². The highest BCUT2D eigenvalue weighted by Gasteiger charge is 2.15. The lowest BCUT2D eigenvalue weighted by Crippen LogP contribution is -2.23. The molecule has 2 heterocycles. The van der Waals surface area contributed by atoms with Crippen LogP contribution in [0.2, 0.25) is 0 Å². The lowest BCUT2D eigenvalue weighted by atomic mass is 10.1. The summed E-state index contributed by atoms with van der Waals surface area (Å²) in [6.07, 6.45) is 1.16. The number of benzene rings is 1. The van der Waals surface area contributed by atoms with E-state index in [4.69, 9.17) is 0 Å². The fourth-order valence-electron chi connectivity index (χ4n) is 2.34. The summed E-state index contributed by atoms with van der Waals surface area (Å²) in [4.78, 5) is 18.5. The highest BCUT2D eigenvalue weighted by Crippen LogP contribution is 2.22. The molecule has 0 radical (unpaired) electrons. The number of aryl methyl sites for hydroxylation is 1. The summed E-state index contributed by atoms with van der Waals surface area (Å²) in [6.45, 7) is 1.99. The van der Waals surface area contributed by atoms with Crippen LogP contribution in [0, 0.1) is 5.82 Å². The number of thiophene rings is 1. The average Bonchev–Trinajstić information content (AvgIpc) is 2.94. The molecule has 0 bridgehead atoms. The molecule has 4 nitrogen and oxygen atoms in total. The Morgan fingerprint density at radius 2 is 2.18 bits per heavy atom. The Morgan fingerprint density at radius 1 is 1.41 bits per heavy atom. The first-order chi connectivity index (χ1) is 10.6. The van der Waals surface area contributed by atoms with Crippen molar-refractivity contribution in [2.45, 2.75) is 26.0 Å². The van der Waals surface area contributed by atoms with E-state index in [2.05, 4.69) is 4.98 Å². The normalized spacial score (nSPS) is 12.7. The molecule has 0 saturated heterocycles. The number of hydrogen-bond acceptors (Lipinski definition) is 4. The van der Waals surface area contributed by atoms with Gasteiger partial charge in [-0.25, -0.2) is 9.37 Å². The molecule has 0 aliphatic rings. The first-order valence-corrected chi connectivity index (χ1v) is 7.82. The fourth-order valence-corrected chi connectivity index (χ4v) is 3.27. The number of nitrogens with zero attached hydrogens (tertiary/aromatic N) is 2. The minimum Gasteiger partial charge on any atom is -0.386 e. The number of aromatic nitrogens is 2. The van der Waals surface area contributed by atoms with Gasteiger partial charge in [0.15, 0.2) is 0 Å². The molecule has 6 heteroatoms. The van der Waals surface area contributed by atoms with Gasteiger partial charge in [-0.1, -0.05) is 25.1 Å². The molecular formula is C16H15FN2O2S. The second-order valence-corrected chi connectivity index (χ2v) is 6.14. The Morgan fingerprint density at radius 3 is 2.91 bits per heavy atom. The van der Waals surface area contributed by atoms with Gasteiger partial charge >= 0.3 is 0 Å². The SMILES string of the molecule is CCc1cc2c(=O)n(C[C@H](O)c3ccccc3F)cnc2s1. The van der Waals surface area contributed by atoms with Crippen molar-refractivity contribution in [2.24, 2.45) is 0 Å². The van der Waals surface area contributed by atoms with Crippen LogP contribution in [0.4, 0.5) is 4.39 Å². The lowest BCUT2D eigenvalue weighted by Gasteiger charge is -2.13. The van der Waals surface area contributed by atoms with E-state index < -0.39 is 11.9 Å². The van der Waals surface area contributed by atoms with Gasteiger partial charge in [0.05, 0.1) is 24.4 Å². The maximum absolute atomic E-state index is 13.7. The lowest BCUT2D eigenvalue weighted by molar-refractivity contribution is 0.150. The summed E-state index contributed by atoms with van der Waals surface area (Å²) in [5.41, 5.74) is -0.0367. The zero-order chi connectivity index (χ0) is 15.7. The van der Waals surface area contributed by atoms with Crippen LogP contribution in [0.15, 0.2) is 41.5 Å². The number of fused-ring (bicyclic) bond motifs is 1. The van der Waals surface area contributed by atoms with Gasteiger partial charge in [0.1, 0.15) is 10.6 Å². The quantitative estimate of drug-likeness (QED) is 0.805. The van der Waals surface area contributed by atoms with Crippen LogP contribution in [0.5, 0.6) is 0 Å². The maximum atomic E-state index is 13.7. The Balaban J connectivity index is 1.95. The van der Waals surface area contributed by atoms with E-state index in [1.807, 2.05) is 13.0 Å². The summed E-state index contributed by atoms with van der Waals surface area (Å²) in [5, 5.41) is 10.7. The summed E-state index contributed by atoms with van der Waals surface area (Å²) in [7, 11) is 0. The number of hydrogen-bond donors (Lipinski definition) is 1. The molecule has 0 saturated carbocycles. The van der Waals surface area contributed by atoms with Crippen molar-refractivity contribution in [3.05, 3.63) is 63.3 Å². The standard InChI is InChI=1S/C16H15FN2O2S/c1-2-10-7-12-15(22-10)18-9-19(16(12)21)8-14(20)11-5-3-4-6-13(11)17/h3-7,9,14,20H,2,8H2,1H3/t14-/m0/s1. The molecule has 22 heavy (non-hydrogen) atoms. The Hall–Kier alpha value is -2.05. The third-order valence-corrected chi connectivity index (χ3v) is 4.74. The smallest absolute Gasteiger partial charge is 0.262 e. The van der Waals surface area contributed by atoms with E-state index in [0.29, 0.717) is 10.2 Å². The molecule has 1 N–H and O–H groups in total. The molecule has 0 spiro atoms. The van der Waals surface area contributed by atoms with E-state index in [1.54, 1.807) is 12.1 Å². The monoisotopic (exact) mass is 318 g/mol. The minimum atomic E-state index is -1.09. The van der Waals surface area contributed by atoms with E-state index in [0.717, 1.165) is 11.3 Å². The van der Waals surface area contributed by atoms with Crippen molar-refractivity contribution in [2.75, 3.05) is 0 Å². The van der Waals surface area contributed by atoms with E-state index in [9.17, 15) is 14.3 Å². The summed E-state index contributed by atoms with van der Waals surface area (Å²) in [6, 6.07) is 7.84. The maximum Gasteiger partial charge on any atom is 0.262 e. The van der Waals surface area contributed by atoms with E-state index in [-0.39, 0.29) is 17.7 Å². The van der Waals surface area contributed by atoms with Crippen LogP contribution in [0.25, 0.3) is 10.2 Å². The van der Waals surface area contributed by atoms with Gasteiger partial charge in [0, 0.05) is 10.4 Å². The van der Waals surface area contributed by atoms with Crippen molar-refractivity contribution >= 4 is 21.6 Å². The first kappa shape index (κ1) is 14.9. The zero-order valence-electron chi connectivity index (χ0n) is 12.0. The molecular weight excluding hydrogens is 303 g/mol. The topological polar surface area (TPSA) is 55.1 Å². The molecule has 1 atom stereocenters.